The van der Waals surface area contributed by atoms with Gasteiger partial charge in [0.2, 0.25) is 0 Å². The summed E-state index contributed by atoms with van der Waals surface area (Å²) in [4.78, 5) is 37.2. The van der Waals surface area contributed by atoms with Crippen molar-refractivity contribution in [1.29, 1.82) is 0 Å². The highest BCUT2D eigenvalue weighted by Gasteiger charge is 2.61. The quantitative estimate of drug-likeness (QED) is 0.848. The highest BCUT2D eigenvalue weighted by Crippen LogP contribution is 2.55. The molecule has 22 heavy (non-hydrogen) atoms. The topological polar surface area (TPSA) is 66.5 Å². The number of fused-ring (bicyclic) bond motifs is 5. The SMILES string of the molecule is O=C(NN1C(=O)[C@@H]2[C@H]3CC[C@@H](C3)[C@H]2C1=O)c1ccc(Cl)cc1. The van der Waals surface area contributed by atoms with Crippen LogP contribution in [0.4, 0.5) is 0 Å². The van der Waals surface area contributed by atoms with E-state index in [4.69, 9.17) is 11.6 Å². The van der Waals surface area contributed by atoms with Crippen LogP contribution in [-0.4, -0.2) is 22.7 Å². The van der Waals surface area contributed by atoms with Gasteiger partial charge in [-0.3, -0.25) is 19.8 Å². The zero-order valence-corrected chi connectivity index (χ0v) is 12.5. The number of hydrogen-bond acceptors (Lipinski definition) is 3. The number of benzene rings is 1. The maximum Gasteiger partial charge on any atom is 0.270 e. The lowest BCUT2D eigenvalue weighted by Gasteiger charge is -2.19. The number of hydrogen-bond donors (Lipinski definition) is 1. The molecule has 4 atom stereocenters. The molecule has 1 aromatic rings. The highest BCUT2D eigenvalue weighted by atomic mass is 35.5. The molecule has 0 unspecified atom stereocenters. The van der Waals surface area contributed by atoms with Crippen molar-refractivity contribution in [2.75, 3.05) is 0 Å². The Morgan fingerprint density at radius 2 is 1.59 bits per heavy atom. The molecule has 0 radical (unpaired) electrons. The first-order valence-corrected chi connectivity index (χ1v) is 7.88. The van der Waals surface area contributed by atoms with Crippen molar-refractivity contribution in [2.24, 2.45) is 23.7 Å². The van der Waals surface area contributed by atoms with Crippen molar-refractivity contribution in [1.82, 2.24) is 10.4 Å². The predicted octanol–water partition coefficient (Wildman–Crippen LogP) is 2.02. The second-order valence-electron chi connectivity index (χ2n) is 6.34. The summed E-state index contributed by atoms with van der Waals surface area (Å²) in [6, 6.07) is 6.32. The second kappa shape index (κ2) is 4.81. The maximum absolute atomic E-state index is 12.5. The number of amides is 3. The average Bonchev–Trinajstić information content (AvgIpc) is 3.17. The largest absolute Gasteiger partial charge is 0.272 e. The van der Waals surface area contributed by atoms with E-state index < -0.39 is 5.91 Å². The minimum Gasteiger partial charge on any atom is -0.272 e. The van der Waals surface area contributed by atoms with E-state index in [1.54, 1.807) is 24.3 Å². The van der Waals surface area contributed by atoms with Gasteiger partial charge >= 0.3 is 0 Å². The second-order valence-corrected chi connectivity index (χ2v) is 6.78. The lowest BCUT2D eigenvalue weighted by Crippen LogP contribution is -2.47. The van der Waals surface area contributed by atoms with E-state index in [-0.39, 0.29) is 23.7 Å². The lowest BCUT2D eigenvalue weighted by molar-refractivity contribution is -0.143. The van der Waals surface area contributed by atoms with Crippen LogP contribution in [0.1, 0.15) is 29.6 Å². The number of nitrogens with one attached hydrogen (secondary N) is 1. The standard InChI is InChI=1S/C16H15ClN2O3/c17-11-5-3-8(4-6-11)14(20)18-19-15(21)12-9-1-2-10(7-9)13(12)16(19)22/h3-6,9-10,12-13H,1-2,7H2,(H,18,20)/t9-,10-,12+,13+/m0/s1. The van der Waals surface area contributed by atoms with E-state index in [9.17, 15) is 14.4 Å². The van der Waals surface area contributed by atoms with Gasteiger partial charge in [0.25, 0.3) is 17.7 Å². The fourth-order valence-electron chi connectivity index (χ4n) is 4.29. The number of rotatable bonds is 2. The third-order valence-electron chi connectivity index (χ3n) is 5.25. The van der Waals surface area contributed by atoms with E-state index >= 15 is 0 Å². The van der Waals surface area contributed by atoms with Crippen LogP contribution in [-0.2, 0) is 9.59 Å². The van der Waals surface area contributed by atoms with Crippen LogP contribution in [0.15, 0.2) is 24.3 Å². The number of halogens is 1. The number of hydrazine groups is 1. The number of carbonyl (C=O) groups excluding carboxylic acids is 3. The van der Waals surface area contributed by atoms with Crippen LogP contribution < -0.4 is 5.43 Å². The summed E-state index contributed by atoms with van der Waals surface area (Å²) in [6.45, 7) is 0. The molecular weight excluding hydrogens is 304 g/mol. The monoisotopic (exact) mass is 318 g/mol. The number of imide groups is 1. The molecule has 114 valence electrons. The van der Waals surface area contributed by atoms with Gasteiger partial charge < -0.3 is 0 Å². The molecule has 2 bridgehead atoms. The molecule has 2 aliphatic carbocycles. The molecule has 0 aromatic heterocycles. The smallest absolute Gasteiger partial charge is 0.270 e. The Balaban J connectivity index is 1.54. The van der Waals surface area contributed by atoms with Gasteiger partial charge in [-0.05, 0) is 55.4 Å². The van der Waals surface area contributed by atoms with E-state index in [2.05, 4.69) is 5.43 Å². The molecule has 2 saturated carbocycles. The van der Waals surface area contributed by atoms with Crippen molar-refractivity contribution >= 4 is 29.3 Å². The van der Waals surface area contributed by atoms with E-state index in [0.29, 0.717) is 22.4 Å². The number of carbonyl (C=O) groups is 3. The molecular formula is C16H15ClN2O3. The van der Waals surface area contributed by atoms with Crippen molar-refractivity contribution in [2.45, 2.75) is 19.3 Å². The normalized spacial score (nSPS) is 32.5. The summed E-state index contributed by atoms with van der Waals surface area (Å²) in [7, 11) is 0. The third kappa shape index (κ3) is 1.88. The first-order valence-electron chi connectivity index (χ1n) is 7.50. The van der Waals surface area contributed by atoms with Crippen LogP contribution in [0.2, 0.25) is 5.02 Å². The summed E-state index contributed by atoms with van der Waals surface area (Å²) in [6.07, 6.45) is 3.01. The summed E-state index contributed by atoms with van der Waals surface area (Å²) in [5, 5.41) is 1.47. The summed E-state index contributed by atoms with van der Waals surface area (Å²) >= 11 is 5.79. The number of nitrogens with zero attached hydrogens (tertiary/aromatic N) is 1. The van der Waals surface area contributed by atoms with E-state index in [1.807, 2.05) is 0 Å². The van der Waals surface area contributed by atoms with Gasteiger partial charge in [0, 0.05) is 10.6 Å². The minimum absolute atomic E-state index is 0.225. The Hall–Kier alpha value is -1.88. The third-order valence-corrected chi connectivity index (χ3v) is 5.50. The summed E-state index contributed by atoms with van der Waals surface area (Å²) < 4.78 is 0. The molecule has 3 amide bonds. The lowest BCUT2D eigenvalue weighted by atomic mass is 9.81. The molecule has 1 heterocycles. The van der Waals surface area contributed by atoms with Crippen molar-refractivity contribution < 1.29 is 14.4 Å². The zero-order chi connectivity index (χ0) is 15.4. The molecule has 1 aliphatic heterocycles. The Labute approximate surface area is 132 Å². The van der Waals surface area contributed by atoms with Crippen LogP contribution in [0, 0.1) is 23.7 Å². The Kier molecular flexibility index (Phi) is 3.01. The molecule has 1 saturated heterocycles. The fourth-order valence-corrected chi connectivity index (χ4v) is 4.41. The van der Waals surface area contributed by atoms with Gasteiger partial charge in [0.15, 0.2) is 0 Å². The maximum atomic E-state index is 12.5. The van der Waals surface area contributed by atoms with E-state index in [1.165, 1.54) is 0 Å². The molecule has 1 N–H and O–H groups in total. The molecule has 0 spiro atoms. The first-order chi connectivity index (χ1) is 10.6. The van der Waals surface area contributed by atoms with Gasteiger partial charge in [-0.2, -0.15) is 5.01 Å². The Morgan fingerprint density at radius 3 is 2.14 bits per heavy atom. The van der Waals surface area contributed by atoms with Gasteiger partial charge in [0.05, 0.1) is 11.8 Å². The summed E-state index contributed by atoms with van der Waals surface area (Å²) in [5.41, 5.74) is 2.83. The van der Waals surface area contributed by atoms with Crippen LogP contribution in [0.5, 0.6) is 0 Å². The predicted molar refractivity (Wildman–Crippen MR) is 78.6 cm³/mol. The van der Waals surface area contributed by atoms with Gasteiger partial charge in [-0.25, -0.2) is 0 Å². The molecule has 3 fully saturated rings. The zero-order valence-electron chi connectivity index (χ0n) is 11.8. The molecule has 4 rings (SSSR count). The van der Waals surface area contributed by atoms with Crippen LogP contribution in [0.25, 0.3) is 0 Å². The molecule has 6 heteroatoms. The van der Waals surface area contributed by atoms with Gasteiger partial charge in [0.1, 0.15) is 0 Å². The minimum atomic E-state index is -0.467. The van der Waals surface area contributed by atoms with Gasteiger partial charge in [-0.15, -0.1) is 0 Å². The fraction of sp³-hybridized carbons (Fsp3) is 0.438. The van der Waals surface area contributed by atoms with Crippen LogP contribution in [0.3, 0.4) is 0 Å². The van der Waals surface area contributed by atoms with E-state index in [0.717, 1.165) is 24.3 Å². The Bertz CT molecular complexity index is 644. The van der Waals surface area contributed by atoms with Gasteiger partial charge in [-0.1, -0.05) is 11.6 Å². The van der Waals surface area contributed by atoms with Crippen molar-refractivity contribution in [3.05, 3.63) is 34.9 Å². The first kappa shape index (κ1) is 13.8. The van der Waals surface area contributed by atoms with Crippen molar-refractivity contribution in [3.63, 3.8) is 0 Å². The van der Waals surface area contributed by atoms with Crippen LogP contribution >= 0.6 is 11.6 Å². The Morgan fingerprint density at radius 1 is 1.05 bits per heavy atom. The van der Waals surface area contributed by atoms with Crippen molar-refractivity contribution in [3.8, 4) is 0 Å². The summed E-state index contributed by atoms with van der Waals surface area (Å²) in [5.74, 6) is -0.791. The molecule has 5 nitrogen and oxygen atoms in total. The highest BCUT2D eigenvalue weighted by molar-refractivity contribution is 6.30. The molecule has 3 aliphatic rings. The average molecular weight is 319 g/mol. The molecule has 1 aromatic carbocycles.